The Hall–Kier alpha value is -1.30. The monoisotopic (exact) mass is 261 g/mol. The maximum Gasteiger partial charge on any atom is 0.232 e. The second-order valence-electron chi connectivity index (χ2n) is 3.62. The zero-order chi connectivity index (χ0) is 12.9. The van der Waals surface area contributed by atoms with Gasteiger partial charge >= 0.3 is 0 Å². The number of methoxy groups -OCH3 is 1. The Balaban J connectivity index is 2.78. The summed E-state index contributed by atoms with van der Waals surface area (Å²) < 4.78 is 43.5. The quantitative estimate of drug-likeness (QED) is 0.855. The third-order valence-electron chi connectivity index (χ3n) is 2.19. The van der Waals surface area contributed by atoms with E-state index < -0.39 is 15.8 Å². The Labute approximate surface area is 101 Å². The summed E-state index contributed by atoms with van der Waals surface area (Å²) >= 11 is 0. The molecule has 0 aromatic heterocycles. The average Bonchev–Trinajstić information content (AvgIpc) is 2.26. The fourth-order valence-corrected chi connectivity index (χ4v) is 2.55. The molecule has 4 nitrogen and oxygen atoms in total. The predicted molar refractivity (Wildman–Crippen MR) is 65.3 cm³/mol. The molecule has 1 rings (SSSR count). The number of hydrogen-bond acceptors (Lipinski definition) is 3. The Morgan fingerprint density at radius 2 is 2.12 bits per heavy atom. The lowest BCUT2D eigenvalue weighted by molar-refractivity contribution is 0.386. The second kappa shape index (κ2) is 5.86. The van der Waals surface area contributed by atoms with Crippen LogP contribution < -0.4 is 9.46 Å². The molecule has 0 heterocycles. The molecular weight excluding hydrogens is 245 g/mol. The van der Waals surface area contributed by atoms with Crippen molar-refractivity contribution in [1.29, 1.82) is 0 Å². The van der Waals surface area contributed by atoms with Gasteiger partial charge in [-0.2, -0.15) is 0 Å². The molecule has 0 saturated heterocycles. The van der Waals surface area contributed by atoms with Crippen molar-refractivity contribution in [3.8, 4) is 5.75 Å². The minimum atomic E-state index is -3.39. The molecule has 96 valence electrons. The largest absolute Gasteiger partial charge is 0.494 e. The van der Waals surface area contributed by atoms with Crippen LogP contribution in [0.4, 0.5) is 10.1 Å². The third kappa shape index (κ3) is 4.22. The van der Waals surface area contributed by atoms with Crippen LogP contribution in [0, 0.1) is 5.82 Å². The number of ether oxygens (including phenoxy) is 1. The number of anilines is 1. The number of hydrogen-bond donors (Lipinski definition) is 1. The van der Waals surface area contributed by atoms with Crippen LogP contribution >= 0.6 is 0 Å². The predicted octanol–water partition coefficient (Wildman–Crippen LogP) is 2.38. The summed E-state index contributed by atoms with van der Waals surface area (Å²) in [5.41, 5.74) is 0.208. The van der Waals surface area contributed by atoms with Crippen LogP contribution in [-0.2, 0) is 10.0 Å². The van der Waals surface area contributed by atoms with Crippen molar-refractivity contribution in [2.24, 2.45) is 0 Å². The molecule has 0 aliphatic carbocycles. The molecule has 0 unspecified atom stereocenters. The van der Waals surface area contributed by atoms with E-state index in [9.17, 15) is 12.8 Å². The normalized spacial score (nSPS) is 11.2. The lowest BCUT2D eigenvalue weighted by Gasteiger charge is -2.08. The van der Waals surface area contributed by atoms with Crippen molar-refractivity contribution in [3.05, 3.63) is 24.0 Å². The van der Waals surface area contributed by atoms with E-state index in [-0.39, 0.29) is 17.2 Å². The molecule has 0 bridgehead atoms. The standard InChI is InChI=1S/C11H16FNO3S/c1-3-4-7-17(14,15)13-9-5-6-11(16-2)10(12)8-9/h5-6,8,13H,3-4,7H2,1-2H3. The maximum atomic E-state index is 13.3. The first-order valence-electron chi connectivity index (χ1n) is 5.32. The summed E-state index contributed by atoms with van der Waals surface area (Å²) in [4.78, 5) is 0. The summed E-state index contributed by atoms with van der Waals surface area (Å²) in [5, 5.41) is 0. The average molecular weight is 261 g/mol. The van der Waals surface area contributed by atoms with Gasteiger partial charge in [-0.3, -0.25) is 4.72 Å². The topological polar surface area (TPSA) is 55.4 Å². The molecule has 0 aliphatic heterocycles. The van der Waals surface area contributed by atoms with Crippen molar-refractivity contribution in [3.63, 3.8) is 0 Å². The highest BCUT2D eigenvalue weighted by atomic mass is 32.2. The fraction of sp³-hybridized carbons (Fsp3) is 0.455. The molecule has 1 aromatic rings. The maximum absolute atomic E-state index is 13.3. The summed E-state index contributed by atoms with van der Waals surface area (Å²) in [7, 11) is -2.04. The number of nitrogens with one attached hydrogen (secondary N) is 1. The number of unbranched alkanes of at least 4 members (excludes halogenated alkanes) is 1. The molecule has 6 heteroatoms. The van der Waals surface area contributed by atoms with Gasteiger partial charge in [-0.1, -0.05) is 13.3 Å². The first-order chi connectivity index (χ1) is 7.98. The van der Waals surface area contributed by atoms with Crippen molar-refractivity contribution in [2.45, 2.75) is 19.8 Å². The van der Waals surface area contributed by atoms with Gasteiger partial charge in [0.2, 0.25) is 10.0 Å². The van der Waals surface area contributed by atoms with Gasteiger partial charge in [-0.25, -0.2) is 12.8 Å². The van der Waals surface area contributed by atoms with E-state index in [4.69, 9.17) is 4.74 Å². The number of halogens is 1. The third-order valence-corrected chi connectivity index (χ3v) is 3.56. The van der Waals surface area contributed by atoms with Gasteiger partial charge in [-0.05, 0) is 18.6 Å². The van der Waals surface area contributed by atoms with Crippen LogP contribution in [0.2, 0.25) is 0 Å². The van der Waals surface area contributed by atoms with Gasteiger partial charge in [-0.15, -0.1) is 0 Å². The first-order valence-corrected chi connectivity index (χ1v) is 6.97. The highest BCUT2D eigenvalue weighted by Crippen LogP contribution is 2.21. The van der Waals surface area contributed by atoms with Gasteiger partial charge in [0.05, 0.1) is 18.6 Å². The van der Waals surface area contributed by atoms with Crippen LogP contribution in [0.5, 0.6) is 5.75 Å². The van der Waals surface area contributed by atoms with Gasteiger partial charge < -0.3 is 4.74 Å². The summed E-state index contributed by atoms with van der Waals surface area (Å²) in [6.07, 6.45) is 1.37. The smallest absolute Gasteiger partial charge is 0.232 e. The highest BCUT2D eigenvalue weighted by Gasteiger charge is 2.11. The van der Waals surface area contributed by atoms with Crippen molar-refractivity contribution >= 4 is 15.7 Å². The van der Waals surface area contributed by atoms with Crippen LogP contribution in [0.25, 0.3) is 0 Å². The molecule has 1 aromatic carbocycles. The number of sulfonamides is 1. The van der Waals surface area contributed by atoms with Crippen molar-refractivity contribution in [2.75, 3.05) is 17.6 Å². The lowest BCUT2D eigenvalue weighted by atomic mass is 10.3. The summed E-state index contributed by atoms with van der Waals surface area (Å²) in [5.74, 6) is -0.471. The van der Waals surface area contributed by atoms with E-state index >= 15 is 0 Å². The van der Waals surface area contributed by atoms with E-state index in [0.717, 1.165) is 12.5 Å². The Morgan fingerprint density at radius 1 is 1.41 bits per heavy atom. The molecule has 17 heavy (non-hydrogen) atoms. The molecule has 0 saturated carbocycles. The first kappa shape index (κ1) is 13.8. The Kier molecular flexibility index (Phi) is 4.74. The van der Waals surface area contributed by atoms with Crippen LogP contribution in [0.15, 0.2) is 18.2 Å². The molecule has 0 aliphatic rings. The molecule has 1 N–H and O–H groups in total. The van der Waals surface area contributed by atoms with E-state index in [2.05, 4.69) is 4.72 Å². The second-order valence-corrected chi connectivity index (χ2v) is 5.47. The zero-order valence-electron chi connectivity index (χ0n) is 9.86. The van der Waals surface area contributed by atoms with Gasteiger partial charge in [0.1, 0.15) is 0 Å². The summed E-state index contributed by atoms with van der Waals surface area (Å²) in [6, 6.07) is 3.95. The molecule has 0 spiro atoms. The fourth-order valence-electron chi connectivity index (χ4n) is 1.29. The molecule has 0 fully saturated rings. The van der Waals surface area contributed by atoms with Crippen molar-refractivity contribution in [1.82, 2.24) is 0 Å². The van der Waals surface area contributed by atoms with E-state index in [1.165, 1.54) is 19.2 Å². The van der Waals surface area contributed by atoms with E-state index in [0.29, 0.717) is 6.42 Å². The molecular formula is C11H16FNO3S. The van der Waals surface area contributed by atoms with Gasteiger partial charge in [0.25, 0.3) is 0 Å². The van der Waals surface area contributed by atoms with Crippen molar-refractivity contribution < 1.29 is 17.5 Å². The van der Waals surface area contributed by atoms with Gasteiger partial charge in [0.15, 0.2) is 11.6 Å². The van der Waals surface area contributed by atoms with E-state index in [1.54, 1.807) is 0 Å². The van der Waals surface area contributed by atoms with Crippen LogP contribution in [0.1, 0.15) is 19.8 Å². The highest BCUT2D eigenvalue weighted by molar-refractivity contribution is 7.92. The van der Waals surface area contributed by atoms with Gasteiger partial charge in [0, 0.05) is 6.07 Å². The lowest BCUT2D eigenvalue weighted by Crippen LogP contribution is -2.16. The molecule has 0 radical (unpaired) electrons. The molecule has 0 amide bonds. The minimum absolute atomic E-state index is 0.0388. The van der Waals surface area contributed by atoms with E-state index in [1.807, 2.05) is 6.92 Å². The number of benzene rings is 1. The Bertz CT molecular complexity index is 474. The molecule has 0 atom stereocenters. The SMILES string of the molecule is CCCCS(=O)(=O)Nc1ccc(OC)c(F)c1. The minimum Gasteiger partial charge on any atom is -0.494 e. The Morgan fingerprint density at radius 3 is 2.65 bits per heavy atom. The number of rotatable bonds is 6. The van der Waals surface area contributed by atoms with Crippen LogP contribution in [0.3, 0.4) is 0 Å². The van der Waals surface area contributed by atoms with Crippen LogP contribution in [-0.4, -0.2) is 21.3 Å². The zero-order valence-corrected chi connectivity index (χ0v) is 10.7. The summed E-state index contributed by atoms with van der Waals surface area (Å²) in [6.45, 7) is 1.91.